The summed E-state index contributed by atoms with van der Waals surface area (Å²) in [5.41, 5.74) is -0.311. The van der Waals surface area contributed by atoms with E-state index in [2.05, 4.69) is 5.32 Å². The molecule has 3 heterocycles. The number of hydrogen-bond acceptors (Lipinski definition) is 5. The molecule has 2 N–H and O–H groups in total. The predicted molar refractivity (Wildman–Crippen MR) is 91.1 cm³/mol. The Hall–Kier alpha value is -2.29. The molecule has 3 rings (SSSR count). The number of β-lactam (4-membered cyclic amide) rings is 1. The Bertz CT molecular complexity index is 805. The zero-order valence-electron chi connectivity index (χ0n) is 14.0. The molecule has 2 unspecified atom stereocenters. The minimum atomic E-state index is -1.05. The monoisotopic (exact) mass is 365 g/mol. The second-order valence-electron chi connectivity index (χ2n) is 6.71. The maximum atomic E-state index is 12.4. The number of rotatable bonds is 4. The van der Waals surface area contributed by atoms with Crippen molar-refractivity contribution in [3.63, 3.8) is 0 Å². The lowest BCUT2D eigenvalue weighted by atomic mass is 9.96. The maximum absolute atomic E-state index is 12.4. The number of carbonyl (C=O) groups excluding carboxylic acids is 2. The Balaban J connectivity index is 1.74. The first-order chi connectivity index (χ1) is 11.6. The summed E-state index contributed by atoms with van der Waals surface area (Å²) in [4.78, 5) is 49.4. The predicted octanol–water partition coefficient (Wildman–Crippen LogP) is 0.0410. The first-order valence-corrected chi connectivity index (χ1v) is 8.73. The van der Waals surface area contributed by atoms with Crippen molar-refractivity contribution in [2.24, 2.45) is 0 Å². The molecule has 25 heavy (non-hydrogen) atoms. The topological polar surface area (TPSA) is 109 Å². The van der Waals surface area contributed by atoms with E-state index in [1.807, 2.05) is 0 Å². The first-order valence-electron chi connectivity index (χ1n) is 7.85. The molecule has 4 atom stereocenters. The summed E-state index contributed by atoms with van der Waals surface area (Å²) in [5, 5.41) is 11.6. The Labute approximate surface area is 148 Å². The van der Waals surface area contributed by atoms with Crippen molar-refractivity contribution in [2.75, 3.05) is 0 Å². The van der Waals surface area contributed by atoms with Crippen LogP contribution in [-0.4, -0.2) is 54.6 Å². The van der Waals surface area contributed by atoms with Crippen LogP contribution in [-0.2, 0) is 14.4 Å². The average molecular weight is 365 g/mol. The molecule has 1 aromatic heterocycles. The number of nitrogens with one attached hydrogen (secondary N) is 1. The van der Waals surface area contributed by atoms with E-state index in [1.165, 1.54) is 33.5 Å². The van der Waals surface area contributed by atoms with Crippen LogP contribution in [0.2, 0.25) is 0 Å². The van der Waals surface area contributed by atoms with Crippen molar-refractivity contribution in [1.82, 2.24) is 14.8 Å². The quantitative estimate of drug-likeness (QED) is 0.730. The molecule has 0 aliphatic carbocycles. The normalized spacial score (nSPS) is 28.0. The standard InChI is InChI=1S/C16H19N3O5S/c1-8(18-7-5-4-6-9(18)20)12(21)17-10-13(22)19-11(15(23)24)16(2,3)25-14(10)19/h4-8,10-11,14H,1-3H3,(H,17,21)(H,23,24)/t8?,10?,11-,14+/m0/s1. The van der Waals surface area contributed by atoms with Crippen molar-refractivity contribution in [1.29, 1.82) is 0 Å². The van der Waals surface area contributed by atoms with E-state index in [4.69, 9.17) is 0 Å². The fourth-order valence-corrected chi connectivity index (χ4v) is 4.93. The number of carboxylic acids is 1. The lowest BCUT2D eigenvalue weighted by Gasteiger charge is -2.43. The zero-order valence-corrected chi connectivity index (χ0v) is 14.8. The minimum absolute atomic E-state index is 0.311. The Kier molecular flexibility index (Phi) is 4.14. The van der Waals surface area contributed by atoms with Gasteiger partial charge >= 0.3 is 5.97 Å². The van der Waals surface area contributed by atoms with Crippen molar-refractivity contribution in [3.05, 3.63) is 34.7 Å². The van der Waals surface area contributed by atoms with Gasteiger partial charge in [-0.3, -0.25) is 14.4 Å². The van der Waals surface area contributed by atoms with Gasteiger partial charge in [0.25, 0.3) is 5.56 Å². The number of nitrogens with zero attached hydrogens (tertiary/aromatic N) is 2. The average Bonchev–Trinajstić information content (AvgIpc) is 2.80. The van der Waals surface area contributed by atoms with Gasteiger partial charge in [0.05, 0.1) is 0 Å². The molecule has 1 aromatic rings. The smallest absolute Gasteiger partial charge is 0.327 e. The summed E-state index contributed by atoms with van der Waals surface area (Å²) < 4.78 is 0.635. The molecule has 9 heteroatoms. The third-order valence-electron chi connectivity index (χ3n) is 4.62. The molecule has 8 nitrogen and oxygen atoms in total. The van der Waals surface area contributed by atoms with E-state index >= 15 is 0 Å². The van der Waals surface area contributed by atoms with E-state index in [0.717, 1.165) is 0 Å². The molecule has 2 aliphatic rings. The van der Waals surface area contributed by atoms with Gasteiger partial charge in [0, 0.05) is 17.0 Å². The van der Waals surface area contributed by atoms with E-state index in [1.54, 1.807) is 32.9 Å². The van der Waals surface area contributed by atoms with E-state index < -0.39 is 46.0 Å². The van der Waals surface area contributed by atoms with E-state index in [0.29, 0.717) is 0 Å². The highest BCUT2D eigenvalue weighted by Gasteiger charge is 2.64. The van der Waals surface area contributed by atoms with Crippen LogP contribution in [0.15, 0.2) is 29.2 Å². The zero-order chi connectivity index (χ0) is 18.5. The number of carboxylic acid groups (broad SMARTS) is 1. The molecule has 0 aromatic carbocycles. The second-order valence-corrected chi connectivity index (χ2v) is 8.48. The van der Waals surface area contributed by atoms with Crippen LogP contribution in [0.3, 0.4) is 0 Å². The number of pyridine rings is 1. The van der Waals surface area contributed by atoms with Crippen LogP contribution in [0.5, 0.6) is 0 Å². The summed E-state index contributed by atoms with van der Waals surface area (Å²) in [5.74, 6) is -1.91. The number of thioether (sulfide) groups is 1. The Morgan fingerprint density at radius 2 is 2.00 bits per heavy atom. The van der Waals surface area contributed by atoms with Gasteiger partial charge in [-0.2, -0.15) is 0 Å². The molecule has 2 fully saturated rings. The van der Waals surface area contributed by atoms with Gasteiger partial charge in [-0.1, -0.05) is 6.07 Å². The SMILES string of the molecule is CC(C(=O)NC1C(=O)N2[C@@H]1SC(C)(C)[C@@H]2C(=O)O)n1ccccc1=O. The molecule has 2 amide bonds. The number of aliphatic carboxylic acids is 1. The van der Waals surface area contributed by atoms with Crippen molar-refractivity contribution >= 4 is 29.5 Å². The van der Waals surface area contributed by atoms with Crippen molar-refractivity contribution < 1.29 is 19.5 Å². The van der Waals surface area contributed by atoms with Gasteiger partial charge in [-0.15, -0.1) is 11.8 Å². The van der Waals surface area contributed by atoms with Crippen LogP contribution in [0.4, 0.5) is 0 Å². The second kappa shape index (κ2) is 5.91. The van der Waals surface area contributed by atoms with Gasteiger partial charge in [-0.25, -0.2) is 4.79 Å². The van der Waals surface area contributed by atoms with Crippen LogP contribution in [0.1, 0.15) is 26.8 Å². The lowest BCUT2D eigenvalue weighted by Crippen LogP contribution is -2.71. The molecular formula is C16H19N3O5S. The highest BCUT2D eigenvalue weighted by molar-refractivity contribution is 8.01. The maximum Gasteiger partial charge on any atom is 0.327 e. The van der Waals surface area contributed by atoms with Gasteiger partial charge in [0.2, 0.25) is 11.8 Å². The minimum Gasteiger partial charge on any atom is -0.480 e. The summed E-state index contributed by atoms with van der Waals surface area (Å²) in [7, 11) is 0. The van der Waals surface area contributed by atoms with Gasteiger partial charge in [0.1, 0.15) is 23.5 Å². The lowest BCUT2D eigenvalue weighted by molar-refractivity contribution is -0.161. The highest BCUT2D eigenvalue weighted by Crippen LogP contribution is 2.50. The molecule has 0 bridgehead atoms. The first kappa shape index (κ1) is 17.5. The number of carbonyl (C=O) groups is 3. The molecule has 2 aliphatic heterocycles. The summed E-state index contributed by atoms with van der Waals surface area (Å²) >= 11 is 1.36. The van der Waals surface area contributed by atoms with Crippen LogP contribution >= 0.6 is 11.8 Å². The van der Waals surface area contributed by atoms with E-state index in [9.17, 15) is 24.3 Å². The third kappa shape index (κ3) is 2.72. The Morgan fingerprint density at radius 3 is 2.60 bits per heavy atom. The molecule has 134 valence electrons. The Morgan fingerprint density at radius 1 is 1.32 bits per heavy atom. The molecule has 2 saturated heterocycles. The molecular weight excluding hydrogens is 346 g/mol. The third-order valence-corrected chi connectivity index (χ3v) is 6.19. The van der Waals surface area contributed by atoms with Crippen molar-refractivity contribution in [2.45, 2.75) is 49.0 Å². The number of hydrogen-bond donors (Lipinski definition) is 2. The largest absolute Gasteiger partial charge is 0.480 e. The number of aromatic nitrogens is 1. The summed E-state index contributed by atoms with van der Waals surface area (Å²) in [6, 6.07) is 2.12. The van der Waals surface area contributed by atoms with Gasteiger partial charge in [0.15, 0.2) is 0 Å². The number of amides is 2. The summed E-state index contributed by atoms with van der Waals surface area (Å²) in [6.07, 6.45) is 1.51. The van der Waals surface area contributed by atoms with E-state index in [-0.39, 0.29) is 5.56 Å². The van der Waals surface area contributed by atoms with Crippen LogP contribution in [0.25, 0.3) is 0 Å². The molecule has 0 radical (unpaired) electrons. The van der Waals surface area contributed by atoms with Crippen molar-refractivity contribution in [3.8, 4) is 0 Å². The molecule has 0 saturated carbocycles. The fourth-order valence-electron chi connectivity index (χ4n) is 3.31. The van der Waals surface area contributed by atoms with Crippen LogP contribution < -0.4 is 10.9 Å². The fraction of sp³-hybridized carbons (Fsp3) is 0.500. The van der Waals surface area contributed by atoms with Gasteiger partial charge < -0.3 is 19.9 Å². The molecule has 0 spiro atoms. The van der Waals surface area contributed by atoms with Gasteiger partial charge in [-0.05, 0) is 26.8 Å². The number of fused-ring (bicyclic) bond motifs is 1. The summed E-state index contributed by atoms with van der Waals surface area (Å²) in [6.45, 7) is 5.11. The highest BCUT2D eigenvalue weighted by atomic mass is 32.2. The van der Waals surface area contributed by atoms with Crippen LogP contribution in [0, 0.1) is 0 Å².